The summed E-state index contributed by atoms with van der Waals surface area (Å²) in [5.74, 6) is 0. The molecule has 0 aromatic carbocycles. The van der Waals surface area contributed by atoms with Crippen LogP contribution in [0.3, 0.4) is 0 Å². The normalized spacial score (nSPS) is 20.9. The van der Waals surface area contributed by atoms with Crippen molar-refractivity contribution in [1.82, 2.24) is 0 Å². The zero-order valence-corrected chi connectivity index (χ0v) is 69.5. The molecule has 624 valence electrons. The number of quaternary nitrogens is 8. The fourth-order valence-corrected chi connectivity index (χ4v) is 15.2. The molecular formula is C72H160B4F4N8O16. The second kappa shape index (κ2) is 68.8. The second-order valence-corrected chi connectivity index (χ2v) is 28.6. The molecule has 0 radical (unpaired) electrons. The molecule has 0 unspecified atom stereocenters. The van der Waals surface area contributed by atoms with Crippen LogP contribution >= 0.6 is 0 Å². The van der Waals surface area contributed by atoms with Crippen LogP contribution in [-0.2, 0) is 37.9 Å². The number of nitrogens with zero attached hydrogens (tertiary/aromatic N) is 8. The molecule has 0 saturated carbocycles. The fraction of sp³-hybridized carbons (Fsp3) is 1.00. The van der Waals surface area contributed by atoms with Gasteiger partial charge in [0.25, 0.3) is 0 Å². The number of ether oxygens (including phenoxy) is 8. The minimum absolute atomic E-state index is 0.966. The van der Waals surface area contributed by atoms with Gasteiger partial charge in [-0.25, -0.2) is 0 Å². The Balaban J connectivity index is -0.000000533. The van der Waals surface area contributed by atoms with E-state index in [1.165, 1.54) is 297 Å². The molecule has 0 aromatic heterocycles. The summed E-state index contributed by atoms with van der Waals surface area (Å²) in [6, 6.07) is 0. The van der Waals surface area contributed by atoms with Crippen LogP contribution in [0.4, 0.5) is 17.3 Å². The van der Waals surface area contributed by atoms with Crippen LogP contribution < -0.4 is 40.2 Å². The molecule has 104 heavy (non-hydrogen) atoms. The van der Waals surface area contributed by atoms with Crippen molar-refractivity contribution in [2.45, 2.75) is 162 Å². The van der Waals surface area contributed by atoms with Gasteiger partial charge in [0.2, 0.25) is 0 Å². The summed E-state index contributed by atoms with van der Waals surface area (Å²) in [6.45, 7) is 92.4. The average Bonchev–Trinajstić information content (AvgIpc) is 0.983. The van der Waals surface area contributed by atoms with Crippen LogP contribution in [0.5, 0.6) is 0 Å². The van der Waals surface area contributed by atoms with Gasteiger partial charge >= 0.3 is 0 Å². The third kappa shape index (κ3) is 55.4. The highest BCUT2D eigenvalue weighted by molar-refractivity contribution is 6.27. The summed E-state index contributed by atoms with van der Waals surface area (Å²) in [5.41, 5.74) is 0. The molecule has 0 aromatic rings. The molecule has 8 aliphatic heterocycles. The molecule has 24 nitrogen and oxygen atoms in total. The van der Waals surface area contributed by atoms with Gasteiger partial charge in [-0.05, 0) is 107 Å². The second-order valence-electron chi connectivity index (χ2n) is 28.6. The van der Waals surface area contributed by atoms with Gasteiger partial charge in [0, 0.05) is 0 Å². The molecule has 0 amide bonds. The lowest BCUT2D eigenvalue weighted by Gasteiger charge is -2.40. The van der Waals surface area contributed by atoms with Gasteiger partial charge in [0.15, 0.2) is 0 Å². The van der Waals surface area contributed by atoms with Gasteiger partial charge in [-0.1, -0.05) is 55.4 Å². The predicted octanol–water partition coefficient (Wildman–Crippen LogP) is 0.752. The maximum atomic E-state index is 9.89. The first-order valence-corrected chi connectivity index (χ1v) is 40.8. The Kier molecular flexibility index (Phi) is 72.3. The van der Waals surface area contributed by atoms with Crippen molar-refractivity contribution in [3.05, 3.63) is 0 Å². The van der Waals surface area contributed by atoms with Crippen LogP contribution in [0, 0.1) is 0 Å². The van der Waals surface area contributed by atoms with E-state index in [-0.39, 0.29) is 0 Å². The molecule has 0 atom stereocenters. The van der Waals surface area contributed by atoms with Gasteiger partial charge in [-0.2, -0.15) is 0 Å². The number of halogens is 4. The summed E-state index contributed by atoms with van der Waals surface area (Å²) in [6.07, 6.45) is 10.4. The smallest absolute Gasteiger partial charge is 0.121 e. The maximum Gasteiger partial charge on any atom is 0.121 e. The van der Waals surface area contributed by atoms with Crippen molar-refractivity contribution < 1.29 is 131 Å². The van der Waals surface area contributed by atoms with Crippen molar-refractivity contribution in [2.24, 2.45) is 0 Å². The molecule has 8 saturated heterocycles. The standard InChI is InChI=1S/8C9H20NO.4BFO2/c8*1-3-5-10(4-2)6-8-11-9-7-10;4*2-1(3)4/h8*3-9H2,1-2H3;;;;/q8*+1;4*-2. The molecule has 8 heterocycles. The lowest BCUT2D eigenvalue weighted by atomic mass is 10.2. The van der Waals surface area contributed by atoms with Gasteiger partial charge < -0.3 is 131 Å². The van der Waals surface area contributed by atoms with Crippen molar-refractivity contribution in [3.63, 3.8) is 0 Å². The van der Waals surface area contributed by atoms with E-state index >= 15 is 0 Å². The number of morpholine rings is 8. The molecule has 0 bridgehead atoms. The maximum absolute atomic E-state index is 9.89. The fourth-order valence-electron chi connectivity index (χ4n) is 15.2. The van der Waals surface area contributed by atoms with E-state index < -0.39 is 29.6 Å². The first-order valence-electron chi connectivity index (χ1n) is 40.8. The summed E-state index contributed by atoms with van der Waals surface area (Å²) in [5, 5.41) is 66.4. The van der Waals surface area contributed by atoms with Crippen LogP contribution in [0.25, 0.3) is 0 Å². The van der Waals surface area contributed by atoms with E-state index in [4.69, 9.17) is 78.1 Å². The van der Waals surface area contributed by atoms with Crippen LogP contribution in [0.1, 0.15) is 162 Å². The molecule has 8 fully saturated rings. The van der Waals surface area contributed by atoms with Crippen molar-refractivity contribution >= 4 is 29.6 Å². The molecule has 8 aliphatic rings. The molecule has 0 spiro atoms. The van der Waals surface area contributed by atoms with Gasteiger partial charge in [0.1, 0.15) is 134 Å². The first-order chi connectivity index (χ1) is 49.6. The van der Waals surface area contributed by atoms with E-state index in [9.17, 15) is 17.3 Å². The molecule has 32 heteroatoms. The summed E-state index contributed by atoms with van der Waals surface area (Å²) < 4.78 is 92.7. The highest BCUT2D eigenvalue weighted by Crippen LogP contribution is 2.18. The van der Waals surface area contributed by atoms with Crippen molar-refractivity contribution in [3.8, 4) is 0 Å². The Labute approximate surface area is 635 Å². The highest BCUT2D eigenvalue weighted by Gasteiger charge is 2.33. The largest absolute Gasteiger partial charge is 0.867 e. The molecule has 0 N–H and O–H groups in total. The van der Waals surface area contributed by atoms with E-state index in [0.717, 1.165) is 106 Å². The minimum atomic E-state index is -3.17. The molecule has 8 rings (SSSR count). The van der Waals surface area contributed by atoms with E-state index in [1.54, 1.807) is 0 Å². The quantitative estimate of drug-likeness (QED) is 0.0734. The number of hydrogen-bond acceptors (Lipinski definition) is 16. The van der Waals surface area contributed by atoms with Gasteiger partial charge in [0.05, 0.1) is 210 Å². The van der Waals surface area contributed by atoms with E-state index in [0.29, 0.717) is 0 Å². The Morgan fingerprint density at radius 2 is 0.250 bits per heavy atom. The van der Waals surface area contributed by atoms with Crippen molar-refractivity contribution in [1.29, 1.82) is 0 Å². The summed E-state index contributed by atoms with van der Waals surface area (Å²) >= 11 is 0. The first kappa shape index (κ1) is 109. The number of likely N-dealkylation sites (N-methyl/N-ethyl adjacent to an activating group) is 8. The molecular weight excluding hydrogens is 1350 g/mol. The van der Waals surface area contributed by atoms with E-state index in [2.05, 4.69) is 111 Å². The topological polar surface area (TPSA) is 258 Å². The number of rotatable bonds is 24. The minimum Gasteiger partial charge on any atom is -0.867 e. The van der Waals surface area contributed by atoms with Crippen molar-refractivity contribution in [2.75, 3.05) is 315 Å². The lowest BCUT2D eigenvalue weighted by Crippen LogP contribution is -2.55. The zero-order valence-electron chi connectivity index (χ0n) is 69.5. The van der Waals surface area contributed by atoms with Gasteiger partial charge in [-0.3, -0.25) is 0 Å². The Bertz CT molecular complexity index is 1390. The van der Waals surface area contributed by atoms with Gasteiger partial charge in [-0.15, -0.1) is 0 Å². The summed E-state index contributed by atoms with van der Waals surface area (Å²) in [4.78, 5) is 0. The van der Waals surface area contributed by atoms with Crippen LogP contribution in [-0.4, -0.2) is 381 Å². The van der Waals surface area contributed by atoms with Crippen LogP contribution in [0.2, 0.25) is 0 Å². The molecule has 0 aliphatic carbocycles. The SMILES string of the molecule is CCC[N+]1(CC)CCOCC1.CCC[N+]1(CC)CCOCC1.CCC[N+]1(CC)CCOCC1.CCC[N+]1(CC)CCOCC1.CCC[N+]1(CC)CCOCC1.CCC[N+]1(CC)CCOCC1.CCC[N+]1(CC)CCOCC1.CCC[N+]1(CC)CCOCC1.[O-]B([O-])F.[O-]B([O-])F.[O-]B([O-])F.[O-]B([O-])F. The lowest BCUT2D eigenvalue weighted by molar-refractivity contribution is -0.933. The third-order valence-corrected chi connectivity index (χ3v) is 22.3. The Hall–Kier alpha value is -0.980. The Morgan fingerprint density at radius 3 is 0.298 bits per heavy atom. The monoisotopic (exact) mass is 1510 g/mol. The third-order valence-electron chi connectivity index (χ3n) is 22.3. The zero-order chi connectivity index (χ0) is 79.6. The Morgan fingerprint density at radius 1 is 0.183 bits per heavy atom. The highest BCUT2D eigenvalue weighted by atomic mass is 19.1. The average molecular weight is 1510 g/mol. The number of hydrogen-bond donors (Lipinski definition) is 0. The summed E-state index contributed by atoms with van der Waals surface area (Å²) in [7, 11) is -12.7. The van der Waals surface area contributed by atoms with E-state index in [1.807, 2.05) is 0 Å². The van der Waals surface area contributed by atoms with Crippen LogP contribution in [0.15, 0.2) is 0 Å². The predicted molar refractivity (Wildman–Crippen MR) is 400 cm³/mol.